The van der Waals surface area contributed by atoms with E-state index < -0.39 is 12.2 Å². The summed E-state index contributed by atoms with van der Waals surface area (Å²) in [6, 6.07) is 12.5. The van der Waals surface area contributed by atoms with Crippen LogP contribution >= 0.6 is 0 Å². The molecule has 0 aromatic heterocycles. The fraction of sp³-hybridized carbons (Fsp3) is 0.350. The summed E-state index contributed by atoms with van der Waals surface area (Å²) < 4.78 is 22.3. The van der Waals surface area contributed by atoms with E-state index >= 15 is 0 Å². The largest absolute Gasteiger partial charge is 0.497 e. The van der Waals surface area contributed by atoms with Crippen LogP contribution in [-0.4, -0.2) is 32.3 Å². The van der Waals surface area contributed by atoms with Gasteiger partial charge in [0.05, 0.1) is 20.3 Å². The monoisotopic (exact) mass is 357 g/mol. The quantitative estimate of drug-likeness (QED) is 0.891. The van der Waals surface area contributed by atoms with Gasteiger partial charge in [-0.15, -0.1) is 0 Å². The minimum Gasteiger partial charge on any atom is -0.497 e. The highest BCUT2D eigenvalue weighted by atomic mass is 16.6. The first-order valence-corrected chi connectivity index (χ1v) is 8.48. The minimum atomic E-state index is -0.732. The lowest BCUT2D eigenvalue weighted by atomic mass is 10.1. The Kier molecular flexibility index (Phi) is 5.21. The smallest absolute Gasteiger partial charge is 0.265 e. The maximum atomic E-state index is 12.8. The molecule has 0 aliphatic carbocycles. The van der Waals surface area contributed by atoms with Gasteiger partial charge in [0, 0.05) is 5.56 Å². The molecule has 3 atom stereocenters. The van der Waals surface area contributed by atoms with Crippen LogP contribution in [0.15, 0.2) is 42.5 Å². The molecular formula is C20H23NO5. The van der Waals surface area contributed by atoms with Crippen molar-refractivity contribution >= 4 is 5.91 Å². The van der Waals surface area contributed by atoms with Crippen LogP contribution in [0.4, 0.5) is 0 Å². The highest BCUT2D eigenvalue weighted by Gasteiger charge is 2.34. The fourth-order valence-corrected chi connectivity index (χ4v) is 2.96. The summed E-state index contributed by atoms with van der Waals surface area (Å²) in [4.78, 5) is 12.8. The van der Waals surface area contributed by atoms with E-state index in [4.69, 9.17) is 18.9 Å². The van der Waals surface area contributed by atoms with E-state index in [1.54, 1.807) is 20.3 Å². The normalized spacial score (nSPS) is 19.4. The van der Waals surface area contributed by atoms with Crippen LogP contribution < -0.4 is 24.3 Å². The van der Waals surface area contributed by atoms with Crippen molar-refractivity contribution in [3.05, 3.63) is 48.0 Å². The van der Waals surface area contributed by atoms with Crippen LogP contribution in [0, 0.1) is 0 Å². The van der Waals surface area contributed by atoms with Crippen LogP contribution in [0.5, 0.6) is 23.0 Å². The number of amides is 1. The third-order valence-corrected chi connectivity index (χ3v) is 4.36. The molecule has 0 spiro atoms. The topological polar surface area (TPSA) is 66.0 Å². The third-order valence-electron chi connectivity index (χ3n) is 4.36. The average molecular weight is 357 g/mol. The van der Waals surface area contributed by atoms with Gasteiger partial charge >= 0.3 is 0 Å². The average Bonchev–Trinajstić information content (AvgIpc) is 2.66. The summed E-state index contributed by atoms with van der Waals surface area (Å²) in [6.07, 6.45) is -1.13. The lowest BCUT2D eigenvalue weighted by Crippen LogP contribution is -2.49. The molecule has 138 valence electrons. The number of methoxy groups -OCH3 is 2. The van der Waals surface area contributed by atoms with E-state index in [1.807, 2.05) is 50.2 Å². The zero-order valence-electron chi connectivity index (χ0n) is 15.3. The molecule has 1 N–H and O–H groups in total. The van der Waals surface area contributed by atoms with Crippen molar-refractivity contribution < 1.29 is 23.7 Å². The molecule has 0 saturated heterocycles. The van der Waals surface area contributed by atoms with Crippen molar-refractivity contribution in [1.29, 1.82) is 0 Å². The summed E-state index contributed by atoms with van der Waals surface area (Å²) in [5.41, 5.74) is 0.824. The molecule has 0 radical (unpaired) electrons. The summed E-state index contributed by atoms with van der Waals surface area (Å²) in [6.45, 7) is 3.70. The van der Waals surface area contributed by atoms with Gasteiger partial charge in [0.2, 0.25) is 6.10 Å². The Hall–Kier alpha value is -2.89. The molecule has 0 saturated carbocycles. The van der Waals surface area contributed by atoms with Crippen molar-refractivity contribution in [2.45, 2.75) is 32.1 Å². The number of hydrogen-bond acceptors (Lipinski definition) is 5. The van der Waals surface area contributed by atoms with Crippen molar-refractivity contribution in [3.63, 3.8) is 0 Å². The number of benzene rings is 2. The molecule has 2 aromatic rings. The van der Waals surface area contributed by atoms with Crippen molar-refractivity contribution in [2.75, 3.05) is 14.2 Å². The number of carbonyl (C=O) groups is 1. The van der Waals surface area contributed by atoms with Gasteiger partial charge in [-0.05, 0) is 44.2 Å². The highest BCUT2D eigenvalue weighted by molar-refractivity contribution is 5.82. The Morgan fingerprint density at radius 1 is 1.08 bits per heavy atom. The van der Waals surface area contributed by atoms with Crippen LogP contribution in [0.2, 0.25) is 0 Å². The maximum Gasteiger partial charge on any atom is 0.265 e. The summed E-state index contributed by atoms with van der Waals surface area (Å²) in [7, 11) is 3.19. The van der Waals surface area contributed by atoms with Gasteiger partial charge in [-0.25, -0.2) is 0 Å². The van der Waals surface area contributed by atoms with Crippen molar-refractivity contribution in [3.8, 4) is 23.0 Å². The van der Waals surface area contributed by atoms with E-state index in [1.165, 1.54) is 0 Å². The fourth-order valence-electron chi connectivity index (χ4n) is 2.96. The number of nitrogens with one attached hydrogen (secondary N) is 1. The molecule has 0 fully saturated rings. The summed E-state index contributed by atoms with van der Waals surface area (Å²) >= 11 is 0. The summed E-state index contributed by atoms with van der Waals surface area (Å²) in [5, 5.41) is 2.97. The Balaban J connectivity index is 1.76. The minimum absolute atomic E-state index is 0.246. The van der Waals surface area contributed by atoms with Gasteiger partial charge < -0.3 is 24.3 Å². The first-order valence-electron chi connectivity index (χ1n) is 8.48. The predicted octanol–water partition coefficient (Wildman–Crippen LogP) is 3.11. The van der Waals surface area contributed by atoms with Gasteiger partial charge in [-0.1, -0.05) is 12.1 Å². The second-order valence-corrected chi connectivity index (χ2v) is 6.15. The first-order chi connectivity index (χ1) is 12.5. The molecule has 1 aliphatic rings. The molecular weight excluding hydrogens is 334 g/mol. The zero-order valence-corrected chi connectivity index (χ0v) is 15.3. The van der Waals surface area contributed by atoms with Gasteiger partial charge in [-0.3, -0.25) is 4.79 Å². The predicted molar refractivity (Wildman–Crippen MR) is 97.1 cm³/mol. The molecule has 3 unspecified atom stereocenters. The standard InChI is InChI=1S/C20H23NO5/c1-12(15-11-14(23-3)9-10-16(15)24-4)21-20(22)19-13(2)25-17-7-5-6-8-18(17)26-19/h5-13,19H,1-4H3,(H,21,22). The van der Waals surface area contributed by atoms with E-state index in [0.717, 1.165) is 5.56 Å². The Bertz CT molecular complexity index is 792. The van der Waals surface area contributed by atoms with Crippen LogP contribution in [0.25, 0.3) is 0 Å². The Morgan fingerprint density at radius 3 is 2.42 bits per heavy atom. The number of rotatable bonds is 5. The molecule has 6 heteroatoms. The van der Waals surface area contributed by atoms with Gasteiger partial charge in [0.1, 0.15) is 17.6 Å². The second kappa shape index (κ2) is 7.56. The SMILES string of the molecule is COc1ccc(OC)c(C(C)NC(=O)C2Oc3ccccc3OC2C)c1. The number of hydrogen-bond donors (Lipinski definition) is 1. The second-order valence-electron chi connectivity index (χ2n) is 6.15. The van der Waals surface area contributed by atoms with Gasteiger partial charge in [0.25, 0.3) is 5.91 Å². The van der Waals surface area contributed by atoms with E-state index in [2.05, 4.69) is 5.32 Å². The maximum absolute atomic E-state index is 12.8. The van der Waals surface area contributed by atoms with Gasteiger partial charge in [-0.2, -0.15) is 0 Å². The van der Waals surface area contributed by atoms with Crippen LogP contribution in [0.1, 0.15) is 25.5 Å². The molecule has 1 heterocycles. The number of ether oxygens (including phenoxy) is 4. The number of fused-ring (bicyclic) bond motifs is 1. The molecule has 2 aromatic carbocycles. The molecule has 6 nitrogen and oxygen atoms in total. The molecule has 3 rings (SSSR count). The van der Waals surface area contributed by atoms with E-state index in [9.17, 15) is 4.79 Å². The number of para-hydroxylation sites is 2. The highest BCUT2D eigenvalue weighted by Crippen LogP contribution is 2.34. The molecule has 1 aliphatic heterocycles. The number of carbonyl (C=O) groups excluding carboxylic acids is 1. The molecule has 0 bridgehead atoms. The van der Waals surface area contributed by atoms with Crippen molar-refractivity contribution in [1.82, 2.24) is 5.32 Å². The Labute approximate surface area is 153 Å². The zero-order chi connectivity index (χ0) is 18.7. The first kappa shape index (κ1) is 17.9. The molecule has 26 heavy (non-hydrogen) atoms. The lowest BCUT2D eigenvalue weighted by molar-refractivity contribution is -0.134. The van der Waals surface area contributed by atoms with Crippen LogP contribution in [0.3, 0.4) is 0 Å². The summed E-state index contributed by atoms with van der Waals surface area (Å²) in [5.74, 6) is 2.34. The third kappa shape index (κ3) is 3.54. The van der Waals surface area contributed by atoms with E-state index in [0.29, 0.717) is 23.0 Å². The Morgan fingerprint density at radius 2 is 1.77 bits per heavy atom. The van der Waals surface area contributed by atoms with E-state index in [-0.39, 0.29) is 11.9 Å². The molecule has 1 amide bonds. The van der Waals surface area contributed by atoms with Crippen LogP contribution in [-0.2, 0) is 4.79 Å². The lowest BCUT2D eigenvalue weighted by Gasteiger charge is -2.32. The van der Waals surface area contributed by atoms with Crippen molar-refractivity contribution in [2.24, 2.45) is 0 Å². The van der Waals surface area contributed by atoms with Gasteiger partial charge in [0.15, 0.2) is 11.5 Å².